The molecule has 0 fully saturated rings. The fourth-order valence-corrected chi connectivity index (χ4v) is 3.03. The Labute approximate surface area is 124 Å². The summed E-state index contributed by atoms with van der Waals surface area (Å²) in [5.41, 5.74) is 2.01. The third-order valence-corrected chi connectivity index (χ3v) is 4.17. The fraction of sp³-hybridized carbons (Fsp3) is 0.214. The average Bonchev–Trinajstić information content (AvgIpc) is 3.08. The highest BCUT2D eigenvalue weighted by Crippen LogP contribution is 2.29. The second-order valence-electron chi connectivity index (χ2n) is 4.38. The number of thiazole rings is 1. The van der Waals surface area contributed by atoms with E-state index in [9.17, 15) is 4.79 Å². The van der Waals surface area contributed by atoms with Crippen LogP contribution < -0.4 is 4.74 Å². The number of rotatable bonds is 3. The van der Waals surface area contributed by atoms with Gasteiger partial charge in [-0.05, 0) is 25.1 Å². The van der Waals surface area contributed by atoms with Gasteiger partial charge in [0.1, 0.15) is 11.3 Å². The van der Waals surface area contributed by atoms with Crippen molar-refractivity contribution in [3.8, 4) is 10.9 Å². The van der Waals surface area contributed by atoms with Crippen molar-refractivity contribution in [3.63, 3.8) is 0 Å². The normalized spacial score (nSPS) is 10.8. The van der Waals surface area contributed by atoms with Gasteiger partial charge in [0.05, 0.1) is 36.3 Å². The highest BCUT2D eigenvalue weighted by molar-refractivity contribution is 7.20. The first-order chi connectivity index (χ1) is 10.1. The molecular weight excluding hydrogens is 290 g/mol. The third-order valence-electron chi connectivity index (χ3n) is 3.18. The van der Waals surface area contributed by atoms with Gasteiger partial charge in [0, 0.05) is 0 Å². The Balaban J connectivity index is 2.08. The van der Waals surface area contributed by atoms with Crippen LogP contribution in [0.5, 0.6) is 5.75 Å². The molecule has 0 aliphatic rings. The number of hydrogen-bond acceptors (Lipinski definition) is 6. The summed E-state index contributed by atoms with van der Waals surface area (Å²) in [6.07, 6.45) is 1.49. The second kappa shape index (κ2) is 5.17. The predicted molar refractivity (Wildman–Crippen MR) is 79.4 cm³/mol. The number of carbonyl (C=O) groups is 1. The van der Waals surface area contributed by atoms with E-state index in [4.69, 9.17) is 9.47 Å². The van der Waals surface area contributed by atoms with E-state index in [0.29, 0.717) is 16.4 Å². The van der Waals surface area contributed by atoms with Crippen LogP contribution in [0.25, 0.3) is 15.3 Å². The molecule has 0 amide bonds. The molecule has 2 heterocycles. The van der Waals surface area contributed by atoms with E-state index in [1.165, 1.54) is 24.6 Å². The van der Waals surface area contributed by atoms with Crippen molar-refractivity contribution < 1.29 is 14.3 Å². The van der Waals surface area contributed by atoms with Crippen LogP contribution in [0.2, 0.25) is 0 Å². The van der Waals surface area contributed by atoms with Gasteiger partial charge in [-0.3, -0.25) is 0 Å². The van der Waals surface area contributed by atoms with Crippen LogP contribution >= 0.6 is 11.3 Å². The molecule has 0 atom stereocenters. The molecule has 0 radical (unpaired) electrons. The number of benzene rings is 1. The lowest BCUT2D eigenvalue weighted by Crippen LogP contribution is -2.04. The molecule has 7 heteroatoms. The van der Waals surface area contributed by atoms with Crippen LogP contribution in [0.1, 0.15) is 16.1 Å². The highest BCUT2D eigenvalue weighted by atomic mass is 32.1. The van der Waals surface area contributed by atoms with E-state index < -0.39 is 5.97 Å². The minimum atomic E-state index is -0.401. The van der Waals surface area contributed by atoms with Gasteiger partial charge >= 0.3 is 5.97 Å². The maximum absolute atomic E-state index is 11.6. The quantitative estimate of drug-likeness (QED) is 0.696. The molecule has 0 saturated heterocycles. The monoisotopic (exact) mass is 303 g/mol. The summed E-state index contributed by atoms with van der Waals surface area (Å²) in [5.74, 6) is 0.381. The molecule has 2 aromatic heterocycles. The molecule has 0 saturated carbocycles. The lowest BCUT2D eigenvalue weighted by molar-refractivity contribution is 0.0600. The molecule has 0 unspecified atom stereocenters. The van der Waals surface area contributed by atoms with E-state index in [1.807, 2.05) is 25.1 Å². The fourth-order valence-electron chi connectivity index (χ4n) is 2.02. The average molecular weight is 303 g/mol. The molecule has 1 aromatic carbocycles. The first-order valence-electron chi connectivity index (χ1n) is 6.22. The van der Waals surface area contributed by atoms with E-state index in [1.54, 1.807) is 11.8 Å². The molecular formula is C14H13N3O3S. The molecule has 0 spiro atoms. The van der Waals surface area contributed by atoms with Gasteiger partial charge in [-0.1, -0.05) is 11.3 Å². The minimum absolute atomic E-state index is 0.401. The van der Waals surface area contributed by atoms with Gasteiger partial charge in [-0.25, -0.2) is 14.5 Å². The van der Waals surface area contributed by atoms with Gasteiger partial charge in [-0.15, -0.1) is 0 Å². The lowest BCUT2D eigenvalue weighted by atomic mass is 10.3. The number of nitrogens with zero attached hydrogens (tertiary/aromatic N) is 3. The van der Waals surface area contributed by atoms with Crippen molar-refractivity contribution in [1.29, 1.82) is 0 Å². The Morgan fingerprint density at radius 2 is 2.14 bits per heavy atom. The number of fused-ring (bicyclic) bond motifs is 1. The Morgan fingerprint density at radius 1 is 1.33 bits per heavy atom. The molecule has 0 bridgehead atoms. The summed E-state index contributed by atoms with van der Waals surface area (Å²) >= 11 is 1.48. The molecule has 108 valence electrons. The molecule has 3 aromatic rings. The third kappa shape index (κ3) is 2.25. The van der Waals surface area contributed by atoms with Crippen LogP contribution in [0, 0.1) is 6.92 Å². The first-order valence-corrected chi connectivity index (χ1v) is 7.03. The number of methoxy groups -OCH3 is 2. The summed E-state index contributed by atoms with van der Waals surface area (Å²) in [4.78, 5) is 16.2. The number of aromatic nitrogens is 3. The summed E-state index contributed by atoms with van der Waals surface area (Å²) in [7, 11) is 2.98. The first kappa shape index (κ1) is 13.6. The van der Waals surface area contributed by atoms with Gasteiger partial charge in [0.15, 0.2) is 0 Å². The smallest absolute Gasteiger partial charge is 0.341 e. The highest BCUT2D eigenvalue weighted by Gasteiger charge is 2.17. The van der Waals surface area contributed by atoms with Gasteiger partial charge in [-0.2, -0.15) is 5.10 Å². The van der Waals surface area contributed by atoms with Crippen molar-refractivity contribution in [2.24, 2.45) is 0 Å². The van der Waals surface area contributed by atoms with Crippen LogP contribution in [0.4, 0.5) is 0 Å². The van der Waals surface area contributed by atoms with Crippen molar-refractivity contribution >= 4 is 27.5 Å². The predicted octanol–water partition coefficient (Wildman–Crippen LogP) is 2.59. The zero-order valence-corrected chi connectivity index (χ0v) is 12.6. The Hall–Kier alpha value is -2.41. The molecule has 0 N–H and O–H groups in total. The molecule has 21 heavy (non-hydrogen) atoms. The summed E-state index contributed by atoms with van der Waals surface area (Å²) < 4.78 is 12.6. The van der Waals surface area contributed by atoms with E-state index in [2.05, 4.69) is 10.1 Å². The molecule has 3 rings (SSSR count). The summed E-state index contributed by atoms with van der Waals surface area (Å²) in [6, 6.07) is 5.69. The van der Waals surface area contributed by atoms with Crippen LogP contribution in [0.3, 0.4) is 0 Å². The van der Waals surface area contributed by atoms with E-state index in [0.717, 1.165) is 16.0 Å². The Bertz CT molecular complexity index is 822. The Morgan fingerprint density at radius 3 is 2.86 bits per heavy atom. The van der Waals surface area contributed by atoms with Crippen molar-refractivity contribution in [1.82, 2.24) is 14.8 Å². The number of esters is 1. The maximum Gasteiger partial charge on any atom is 0.341 e. The SMILES string of the molecule is COC(=O)c1cnn(-c2nc3ccc(OC)cc3s2)c1C. The standard InChI is InChI=1S/C14H13N3O3S/c1-8-10(13(18)20-3)7-15-17(8)14-16-11-5-4-9(19-2)6-12(11)21-14/h4-7H,1-3H3. The second-order valence-corrected chi connectivity index (χ2v) is 5.39. The Kier molecular flexibility index (Phi) is 3.34. The van der Waals surface area contributed by atoms with Gasteiger partial charge in [0.25, 0.3) is 0 Å². The summed E-state index contributed by atoms with van der Waals surface area (Å²) in [5, 5.41) is 4.93. The molecule has 0 aliphatic heterocycles. The topological polar surface area (TPSA) is 66.2 Å². The van der Waals surface area contributed by atoms with Crippen molar-refractivity contribution in [3.05, 3.63) is 35.7 Å². The van der Waals surface area contributed by atoms with E-state index in [-0.39, 0.29) is 0 Å². The number of carbonyl (C=O) groups excluding carboxylic acids is 1. The van der Waals surface area contributed by atoms with Crippen molar-refractivity contribution in [2.75, 3.05) is 14.2 Å². The largest absolute Gasteiger partial charge is 0.497 e. The lowest BCUT2D eigenvalue weighted by Gasteiger charge is -2.00. The van der Waals surface area contributed by atoms with Gasteiger partial charge in [0.2, 0.25) is 5.13 Å². The number of ether oxygens (including phenoxy) is 2. The van der Waals surface area contributed by atoms with Crippen molar-refractivity contribution in [2.45, 2.75) is 6.92 Å². The maximum atomic E-state index is 11.6. The zero-order valence-electron chi connectivity index (χ0n) is 11.8. The zero-order chi connectivity index (χ0) is 15.0. The number of hydrogen-bond donors (Lipinski definition) is 0. The minimum Gasteiger partial charge on any atom is -0.497 e. The molecule has 6 nitrogen and oxygen atoms in total. The molecule has 0 aliphatic carbocycles. The van der Waals surface area contributed by atoms with E-state index >= 15 is 0 Å². The van der Waals surface area contributed by atoms with Crippen LogP contribution in [0.15, 0.2) is 24.4 Å². The van der Waals surface area contributed by atoms with Crippen LogP contribution in [-0.4, -0.2) is 35.0 Å². The van der Waals surface area contributed by atoms with Gasteiger partial charge < -0.3 is 9.47 Å². The van der Waals surface area contributed by atoms with Crippen LogP contribution in [-0.2, 0) is 4.74 Å². The summed E-state index contributed by atoms with van der Waals surface area (Å²) in [6.45, 7) is 1.81.